The van der Waals surface area contributed by atoms with Gasteiger partial charge in [-0.2, -0.15) is 0 Å². The molecular weight excluding hydrogens is 827 g/mol. The van der Waals surface area contributed by atoms with E-state index in [1.54, 1.807) is 13.8 Å². The number of ether oxygens (including phenoxy) is 2. The van der Waals surface area contributed by atoms with Gasteiger partial charge in [0, 0.05) is 35.7 Å². The van der Waals surface area contributed by atoms with E-state index in [1.165, 1.54) is 29.2 Å². The lowest BCUT2D eigenvalue weighted by Gasteiger charge is -2.29. The molecule has 324 valence electrons. The van der Waals surface area contributed by atoms with Gasteiger partial charge in [0.25, 0.3) is 5.91 Å². The summed E-state index contributed by atoms with van der Waals surface area (Å²) in [7, 11) is -4.06. The number of halogens is 4. The lowest BCUT2D eigenvalue weighted by atomic mass is 9.91. The van der Waals surface area contributed by atoms with E-state index >= 15 is 0 Å². The number of aromatic nitrogens is 2. The summed E-state index contributed by atoms with van der Waals surface area (Å²) in [5.41, 5.74) is -1.37. The lowest BCUT2D eigenvalue weighted by molar-refractivity contribution is -0.274. The summed E-state index contributed by atoms with van der Waals surface area (Å²) in [5.74, 6) is -4.22. The average Bonchev–Trinajstić information content (AvgIpc) is 3.99. The fraction of sp³-hybridized carbons (Fsp3) is 0.476. The molecule has 8 rings (SSSR count). The molecule has 2 saturated carbocycles. The molecule has 1 saturated heterocycles. The van der Waals surface area contributed by atoms with Crippen LogP contribution < -0.4 is 19.5 Å². The molecule has 3 fully saturated rings. The van der Waals surface area contributed by atoms with Gasteiger partial charge in [-0.25, -0.2) is 17.8 Å². The van der Waals surface area contributed by atoms with Crippen molar-refractivity contribution in [2.45, 2.75) is 107 Å². The van der Waals surface area contributed by atoms with Crippen molar-refractivity contribution < 1.29 is 59.2 Å². The number of fused-ring (bicyclic) bond motifs is 5. The van der Waals surface area contributed by atoms with Crippen LogP contribution in [-0.2, 0) is 24.4 Å². The molecule has 0 radical (unpaired) electrons. The van der Waals surface area contributed by atoms with E-state index in [2.05, 4.69) is 24.9 Å². The zero-order valence-corrected chi connectivity index (χ0v) is 34.0. The Hall–Kier alpha value is -5.59. The molecule has 0 unspecified atom stereocenters. The second-order valence-corrected chi connectivity index (χ2v) is 18.9. The summed E-state index contributed by atoms with van der Waals surface area (Å²) >= 11 is 0. The van der Waals surface area contributed by atoms with Crippen molar-refractivity contribution in [2.24, 2.45) is 11.3 Å². The van der Waals surface area contributed by atoms with Crippen LogP contribution in [0.2, 0.25) is 0 Å². The molecule has 2 aromatic carbocycles. The number of Topliss-reactive ketones (excluding diaryl/α,β-unsaturated/α-hetero) is 1. The SMILES string of the molecule is Cc1cc(C(=O)N[C@H]2CCCCC/C=C\[C@@H]3C[C@@]3(C(=O)NS(=O)(=O)C3(C)CC3)CC(=O)[C@@H]3C[C@@H](Oc4nc5cc(F)ccc5c5ccc(OC(F)(F)F)cc45)CN3C2=O)no1. The second kappa shape index (κ2) is 15.7. The largest absolute Gasteiger partial charge is 0.573 e. The van der Waals surface area contributed by atoms with Crippen molar-refractivity contribution in [2.75, 3.05) is 6.54 Å². The number of sulfonamides is 1. The molecule has 2 aromatic heterocycles. The van der Waals surface area contributed by atoms with Gasteiger partial charge in [-0.3, -0.25) is 23.9 Å². The molecule has 19 heteroatoms. The Labute approximate surface area is 347 Å². The van der Waals surface area contributed by atoms with Gasteiger partial charge in [0.1, 0.15) is 29.5 Å². The number of nitrogens with zero attached hydrogens (tertiary/aromatic N) is 3. The van der Waals surface area contributed by atoms with E-state index in [0.29, 0.717) is 55.1 Å². The van der Waals surface area contributed by atoms with Crippen LogP contribution in [0.4, 0.5) is 17.6 Å². The summed E-state index contributed by atoms with van der Waals surface area (Å²) in [6, 6.07) is 6.27. The number of alkyl halides is 3. The number of rotatable bonds is 8. The zero-order chi connectivity index (χ0) is 43.5. The van der Waals surface area contributed by atoms with Gasteiger partial charge in [-0.1, -0.05) is 30.2 Å². The molecular formula is C42H43F4N5O9S. The highest BCUT2D eigenvalue weighted by Crippen LogP contribution is 2.57. The van der Waals surface area contributed by atoms with Crippen LogP contribution >= 0.6 is 0 Å². The number of nitrogens with one attached hydrogen (secondary N) is 2. The Kier molecular flexibility index (Phi) is 10.8. The molecule has 0 bridgehead atoms. The molecule has 5 atom stereocenters. The van der Waals surface area contributed by atoms with Crippen molar-refractivity contribution in [3.8, 4) is 11.6 Å². The van der Waals surface area contributed by atoms with Crippen molar-refractivity contribution in [3.63, 3.8) is 0 Å². The van der Waals surface area contributed by atoms with Gasteiger partial charge in [0.15, 0.2) is 11.5 Å². The fourth-order valence-electron chi connectivity index (χ4n) is 8.37. The molecule has 2 aliphatic heterocycles. The first-order chi connectivity index (χ1) is 28.8. The molecule has 4 aliphatic rings. The predicted molar refractivity (Wildman–Crippen MR) is 210 cm³/mol. The number of hydrogen-bond donors (Lipinski definition) is 2. The van der Waals surface area contributed by atoms with E-state index in [1.807, 2.05) is 12.2 Å². The summed E-state index contributed by atoms with van der Waals surface area (Å²) in [6.07, 6.45) is 0.724. The summed E-state index contributed by atoms with van der Waals surface area (Å²) < 4.78 is 97.7. The highest BCUT2D eigenvalue weighted by atomic mass is 32.2. The van der Waals surface area contributed by atoms with Crippen LogP contribution in [0.25, 0.3) is 21.7 Å². The minimum atomic E-state index is -5.02. The van der Waals surface area contributed by atoms with Crippen LogP contribution in [-0.4, -0.2) is 82.8 Å². The van der Waals surface area contributed by atoms with Gasteiger partial charge < -0.3 is 24.2 Å². The van der Waals surface area contributed by atoms with E-state index in [-0.39, 0.29) is 48.3 Å². The molecule has 2 N–H and O–H groups in total. The standard InChI is InChI=1S/C42H43F4N5O9S/c1-23-16-33(49-60-23)36(53)47-31-9-7-5-3-4-6-8-24-20-41(24,39(55)50-61(56,57)40(2)14-15-40)21-35(52)34-19-27(22-51(34)38(31)54)58-37-30-18-26(59-42(44,45)46)11-13-28(30)29-12-10-25(43)17-32(29)48-37/h6,8,10-13,16-18,24,27,31,34H,3-5,7,9,14-15,19-22H2,1-2H3,(H,47,53)(H,50,55)/b8-6-/t24-,27-,31+,34+,41-/m1/s1. The molecule has 4 heterocycles. The summed E-state index contributed by atoms with van der Waals surface area (Å²) in [6.45, 7) is 2.88. The molecule has 4 aromatic rings. The minimum Gasteiger partial charge on any atom is -0.472 e. The number of benzene rings is 2. The topological polar surface area (TPSA) is 187 Å². The Morgan fingerprint density at radius 3 is 2.51 bits per heavy atom. The monoisotopic (exact) mass is 869 g/mol. The minimum absolute atomic E-state index is 0.0658. The Morgan fingerprint density at radius 1 is 1.02 bits per heavy atom. The third kappa shape index (κ3) is 8.65. The van der Waals surface area contributed by atoms with Gasteiger partial charge in [0.05, 0.1) is 28.3 Å². The number of amides is 3. The summed E-state index contributed by atoms with van der Waals surface area (Å²) in [5, 5.41) is 7.34. The van der Waals surface area contributed by atoms with E-state index < -0.39 is 92.1 Å². The van der Waals surface area contributed by atoms with Crippen LogP contribution in [0.5, 0.6) is 11.6 Å². The third-order valence-corrected chi connectivity index (χ3v) is 14.4. The number of pyridine rings is 1. The number of aryl methyl sites for hydroxylation is 1. The van der Waals surface area contributed by atoms with Gasteiger partial charge in [-0.05, 0) is 94.0 Å². The van der Waals surface area contributed by atoms with E-state index in [9.17, 15) is 45.2 Å². The van der Waals surface area contributed by atoms with E-state index in [0.717, 1.165) is 18.2 Å². The quantitative estimate of drug-likeness (QED) is 0.114. The molecule has 14 nitrogen and oxygen atoms in total. The first kappa shape index (κ1) is 42.1. The first-order valence-electron chi connectivity index (χ1n) is 20.1. The van der Waals surface area contributed by atoms with Crippen LogP contribution in [0, 0.1) is 24.1 Å². The number of hydrogen-bond acceptors (Lipinski definition) is 11. The third-order valence-electron chi connectivity index (χ3n) is 12.2. The van der Waals surface area contributed by atoms with Gasteiger partial charge >= 0.3 is 6.36 Å². The van der Waals surface area contributed by atoms with Gasteiger partial charge in [0.2, 0.25) is 27.7 Å². The fourth-order valence-corrected chi connectivity index (χ4v) is 9.70. The second-order valence-electron chi connectivity index (χ2n) is 16.7. The Balaban J connectivity index is 1.15. The lowest BCUT2D eigenvalue weighted by Crippen LogP contribution is -2.52. The zero-order valence-electron chi connectivity index (χ0n) is 33.2. The highest BCUT2D eigenvalue weighted by molar-refractivity contribution is 7.91. The van der Waals surface area contributed by atoms with Crippen LogP contribution in [0.3, 0.4) is 0 Å². The Bertz CT molecular complexity index is 2580. The number of ketones is 1. The highest BCUT2D eigenvalue weighted by Gasteiger charge is 2.62. The average molecular weight is 870 g/mol. The molecule has 2 aliphatic carbocycles. The van der Waals surface area contributed by atoms with Crippen molar-refractivity contribution >= 4 is 55.2 Å². The van der Waals surface area contributed by atoms with Crippen molar-refractivity contribution in [3.05, 3.63) is 71.9 Å². The molecule has 61 heavy (non-hydrogen) atoms. The van der Waals surface area contributed by atoms with Crippen molar-refractivity contribution in [1.82, 2.24) is 25.1 Å². The smallest absolute Gasteiger partial charge is 0.472 e. The number of carbonyl (C=O) groups excluding carboxylic acids is 4. The summed E-state index contributed by atoms with van der Waals surface area (Å²) in [4.78, 5) is 62.4. The molecule has 0 spiro atoms. The normalized spacial score (nSPS) is 26.1. The first-order valence-corrected chi connectivity index (χ1v) is 21.6. The van der Waals surface area contributed by atoms with Crippen molar-refractivity contribution in [1.29, 1.82) is 0 Å². The Morgan fingerprint density at radius 2 is 1.79 bits per heavy atom. The number of carbonyl (C=O) groups is 4. The maximum Gasteiger partial charge on any atom is 0.573 e. The molecule has 3 amide bonds. The number of allylic oxidation sites excluding steroid dienone is 2. The van der Waals surface area contributed by atoms with E-state index in [4.69, 9.17) is 9.26 Å². The van der Waals surface area contributed by atoms with Crippen LogP contribution in [0.1, 0.15) is 87.4 Å². The van der Waals surface area contributed by atoms with Crippen LogP contribution in [0.15, 0.2) is 59.1 Å². The van der Waals surface area contributed by atoms with Gasteiger partial charge in [-0.15, -0.1) is 13.2 Å². The predicted octanol–water partition coefficient (Wildman–Crippen LogP) is 6.35. The maximum absolute atomic E-state index is 14.7. The maximum atomic E-state index is 14.7.